The number of amides is 4. The molecule has 0 bridgehead atoms. The highest BCUT2D eigenvalue weighted by Crippen LogP contribution is 2.35. The summed E-state index contributed by atoms with van der Waals surface area (Å²) in [5.74, 6) is 0.401. The minimum atomic E-state index is -1.33. The smallest absolute Gasteiger partial charge is 0.330 e. The number of hydrogen-bond donors (Lipinski definition) is 7. The van der Waals surface area contributed by atoms with E-state index >= 15 is 0 Å². The number of nitrogens with zero attached hydrogens (tertiary/aromatic N) is 6. The highest BCUT2D eigenvalue weighted by atomic mass is 32.2. The molecule has 63 heavy (non-hydrogen) atoms. The zero-order chi connectivity index (χ0) is 46.1. The van der Waals surface area contributed by atoms with Gasteiger partial charge in [0.05, 0.1) is 37.2 Å². The number of carbonyl (C=O) groups excluding carboxylic acids is 4. The van der Waals surface area contributed by atoms with Crippen molar-refractivity contribution >= 4 is 35.4 Å². The van der Waals surface area contributed by atoms with Crippen molar-refractivity contribution in [2.24, 2.45) is 5.92 Å². The number of carbonyl (C=O) groups is 4. The van der Waals surface area contributed by atoms with Crippen LogP contribution in [0.1, 0.15) is 89.6 Å². The van der Waals surface area contributed by atoms with Gasteiger partial charge in [0, 0.05) is 94.4 Å². The Kier molecular flexibility index (Phi) is 21.2. The molecule has 4 rings (SSSR count). The molecule has 0 saturated carbocycles. The Balaban J connectivity index is 1.11. The summed E-state index contributed by atoms with van der Waals surface area (Å²) < 4.78 is 14.6. The van der Waals surface area contributed by atoms with E-state index in [-0.39, 0.29) is 62.0 Å². The van der Waals surface area contributed by atoms with Crippen LogP contribution in [0.5, 0.6) is 0 Å². The topological polar surface area (TPSA) is 284 Å². The Morgan fingerprint density at radius 2 is 1.60 bits per heavy atom. The summed E-state index contributed by atoms with van der Waals surface area (Å²) in [5.41, 5.74) is 0.162. The summed E-state index contributed by atoms with van der Waals surface area (Å²) in [5, 5.41) is 53.8. The molecule has 22 heteroatoms. The standard InChI is InChI=1S/C41H67N9O12S/c1-5-34(55)47(16-17-48(35(56)6-2)18-20-63-19-12-33(54)43-37-27(4)61-31(25-52)38(57)39(37)58)15-13-42-32(53)11-7-10-29-23-49(46-45-29)14-8-9-28-21-36(62-30(28)24-51)50-22-26(3)40(59)44-41(50)60/h22-23,27-28,30-31,36-39,51-52,57-58H,5-21,24-25H2,1-4H3,(H,42,53)(H,43,54)(H,44,59,60)/t27?,28-,30-,31?,36-,37?,38+,39-/m1/s1. The normalized spacial score (nSPS) is 23.4. The first-order valence-electron chi connectivity index (χ1n) is 22.0. The van der Waals surface area contributed by atoms with Gasteiger partial charge in [-0.3, -0.25) is 38.2 Å². The molecule has 2 aliphatic rings. The first-order valence-corrected chi connectivity index (χ1v) is 23.1. The van der Waals surface area contributed by atoms with Crippen LogP contribution in [0, 0.1) is 12.8 Å². The molecule has 2 saturated heterocycles. The number of aromatic amines is 1. The fourth-order valence-electron chi connectivity index (χ4n) is 7.80. The molecule has 0 aliphatic carbocycles. The lowest BCUT2D eigenvalue weighted by atomic mass is 9.93. The van der Waals surface area contributed by atoms with Crippen LogP contribution in [-0.4, -0.2) is 172 Å². The molecule has 0 spiro atoms. The average molecular weight is 910 g/mol. The minimum Gasteiger partial charge on any atom is -0.394 e. The van der Waals surface area contributed by atoms with Gasteiger partial charge in [-0.2, -0.15) is 11.8 Å². The largest absolute Gasteiger partial charge is 0.394 e. The SMILES string of the molecule is CCC(=O)N(CCNC(=O)CCCc1cn(CCC[C@@H]2C[C@H](n3cc(C)c(=O)[nH]c3=O)O[C@@H]2CO)nn1)CCN(CCSCCC(=O)NC1C(C)OC(CO)[C@H](O)[C@@H]1O)C(=O)CC. The number of aliphatic hydroxyl groups excluding tert-OH is 4. The molecular weight excluding hydrogens is 843 g/mol. The first kappa shape index (κ1) is 51.4. The second kappa shape index (κ2) is 25.9. The number of nitrogens with one attached hydrogen (secondary N) is 3. The second-order valence-electron chi connectivity index (χ2n) is 16.1. The summed E-state index contributed by atoms with van der Waals surface area (Å²) >= 11 is 1.49. The minimum absolute atomic E-state index is 0.00863. The molecule has 21 nitrogen and oxygen atoms in total. The fraction of sp³-hybridized carbons (Fsp3) is 0.756. The second-order valence-corrected chi connectivity index (χ2v) is 17.3. The van der Waals surface area contributed by atoms with Crippen LogP contribution in [-0.2, 0) is 41.6 Å². The van der Waals surface area contributed by atoms with Gasteiger partial charge >= 0.3 is 5.69 Å². The number of aryl methyl sites for hydroxylation is 3. The Morgan fingerprint density at radius 3 is 2.29 bits per heavy atom. The van der Waals surface area contributed by atoms with Crippen LogP contribution >= 0.6 is 11.8 Å². The number of aliphatic hydroxyl groups is 4. The number of H-pyrrole nitrogens is 1. The molecule has 0 aromatic carbocycles. The Bertz CT molecular complexity index is 1890. The summed E-state index contributed by atoms with van der Waals surface area (Å²) in [6.45, 7) is 8.35. The third kappa shape index (κ3) is 15.5. The van der Waals surface area contributed by atoms with Gasteiger partial charge in [-0.15, -0.1) is 5.10 Å². The maximum absolute atomic E-state index is 12.8. The number of rotatable bonds is 26. The quantitative estimate of drug-likeness (QED) is 0.0549. The van der Waals surface area contributed by atoms with Crippen LogP contribution in [0.2, 0.25) is 0 Å². The van der Waals surface area contributed by atoms with E-state index < -0.39 is 60.6 Å². The highest BCUT2D eigenvalue weighted by molar-refractivity contribution is 7.99. The van der Waals surface area contributed by atoms with Gasteiger partial charge in [-0.05, 0) is 51.9 Å². The van der Waals surface area contributed by atoms with E-state index in [0.29, 0.717) is 75.5 Å². The van der Waals surface area contributed by atoms with Crippen molar-refractivity contribution in [2.45, 2.75) is 135 Å². The summed E-state index contributed by atoms with van der Waals surface area (Å²) in [6.07, 6.45) is 2.25. The third-order valence-electron chi connectivity index (χ3n) is 11.5. The van der Waals surface area contributed by atoms with Crippen LogP contribution in [0.3, 0.4) is 0 Å². The molecule has 3 unspecified atom stereocenters. The molecule has 7 N–H and O–H groups in total. The molecule has 2 fully saturated rings. The maximum atomic E-state index is 12.8. The molecule has 354 valence electrons. The fourth-order valence-corrected chi connectivity index (χ4v) is 8.68. The number of aromatic nitrogens is 5. The molecular formula is C41H67N9O12S. The summed E-state index contributed by atoms with van der Waals surface area (Å²) in [7, 11) is 0. The van der Waals surface area contributed by atoms with Gasteiger partial charge in [-0.25, -0.2) is 4.79 Å². The van der Waals surface area contributed by atoms with Crippen molar-refractivity contribution in [1.29, 1.82) is 0 Å². The van der Waals surface area contributed by atoms with E-state index in [4.69, 9.17) is 9.47 Å². The van der Waals surface area contributed by atoms with Gasteiger partial charge in [0.25, 0.3) is 5.56 Å². The van der Waals surface area contributed by atoms with E-state index in [1.165, 1.54) is 22.5 Å². The first-order chi connectivity index (χ1) is 30.2. The predicted octanol–water partition coefficient (Wildman–Crippen LogP) is -1.16. The van der Waals surface area contributed by atoms with Crippen molar-refractivity contribution in [3.05, 3.63) is 44.5 Å². The van der Waals surface area contributed by atoms with Crippen LogP contribution in [0.15, 0.2) is 22.0 Å². The zero-order valence-electron chi connectivity index (χ0n) is 36.9. The van der Waals surface area contributed by atoms with Crippen molar-refractivity contribution in [2.75, 3.05) is 57.4 Å². The van der Waals surface area contributed by atoms with E-state index in [0.717, 1.165) is 18.5 Å². The lowest BCUT2D eigenvalue weighted by Gasteiger charge is -2.41. The third-order valence-corrected chi connectivity index (χ3v) is 12.5. The van der Waals surface area contributed by atoms with E-state index in [1.807, 2.05) is 6.20 Å². The molecule has 0 radical (unpaired) electrons. The molecule has 4 heterocycles. The van der Waals surface area contributed by atoms with E-state index in [1.54, 1.807) is 42.2 Å². The van der Waals surface area contributed by atoms with E-state index in [2.05, 4.69) is 25.9 Å². The Morgan fingerprint density at radius 1 is 0.905 bits per heavy atom. The van der Waals surface area contributed by atoms with Gasteiger partial charge in [-0.1, -0.05) is 19.1 Å². The predicted molar refractivity (Wildman–Crippen MR) is 231 cm³/mol. The molecule has 2 aliphatic heterocycles. The van der Waals surface area contributed by atoms with Crippen LogP contribution in [0.4, 0.5) is 0 Å². The van der Waals surface area contributed by atoms with Crippen LogP contribution in [0.25, 0.3) is 0 Å². The van der Waals surface area contributed by atoms with Crippen molar-refractivity contribution in [3.8, 4) is 0 Å². The zero-order valence-corrected chi connectivity index (χ0v) is 37.7. The Hall–Kier alpha value is -4.19. The molecule has 4 amide bonds. The summed E-state index contributed by atoms with van der Waals surface area (Å²) in [4.78, 5) is 80.6. The highest BCUT2D eigenvalue weighted by Gasteiger charge is 2.43. The van der Waals surface area contributed by atoms with Crippen molar-refractivity contribution in [1.82, 2.24) is 45.0 Å². The number of thioether (sulfide) groups is 1. The lowest BCUT2D eigenvalue weighted by molar-refractivity contribution is -0.190. The van der Waals surface area contributed by atoms with E-state index in [9.17, 15) is 49.2 Å². The van der Waals surface area contributed by atoms with Gasteiger partial charge in [0.15, 0.2) is 0 Å². The number of ether oxygens (including phenoxy) is 2. The maximum Gasteiger partial charge on any atom is 0.330 e. The van der Waals surface area contributed by atoms with Crippen molar-refractivity contribution in [3.63, 3.8) is 0 Å². The number of hydrogen-bond acceptors (Lipinski definition) is 15. The lowest BCUT2D eigenvalue weighted by Crippen LogP contribution is -2.63. The summed E-state index contributed by atoms with van der Waals surface area (Å²) in [6, 6.07) is -0.820. The molecule has 8 atom stereocenters. The Labute approximate surface area is 371 Å². The van der Waals surface area contributed by atoms with Gasteiger partial charge in [0.2, 0.25) is 23.6 Å². The average Bonchev–Trinajstić information content (AvgIpc) is 3.91. The van der Waals surface area contributed by atoms with Gasteiger partial charge in [0.1, 0.15) is 24.5 Å². The molecule has 2 aromatic rings. The van der Waals surface area contributed by atoms with Gasteiger partial charge < -0.3 is 50.3 Å². The van der Waals surface area contributed by atoms with Crippen LogP contribution < -0.4 is 21.9 Å². The monoisotopic (exact) mass is 909 g/mol. The van der Waals surface area contributed by atoms with Crippen molar-refractivity contribution < 1.29 is 49.1 Å². The molecule has 2 aromatic heterocycles.